The zero-order valence-corrected chi connectivity index (χ0v) is 14.3. The van der Waals surface area contributed by atoms with Gasteiger partial charge in [-0.05, 0) is 24.0 Å². The van der Waals surface area contributed by atoms with Crippen LogP contribution in [0.5, 0.6) is 0 Å². The highest BCUT2D eigenvalue weighted by Crippen LogP contribution is 2.17. The van der Waals surface area contributed by atoms with Gasteiger partial charge >= 0.3 is 0 Å². The van der Waals surface area contributed by atoms with Gasteiger partial charge in [-0.1, -0.05) is 51.1 Å². The summed E-state index contributed by atoms with van der Waals surface area (Å²) in [6, 6.07) is 10.0. The van der Waals surface area contributed by atoms with Gasteiger partial charge in [-0.15, -0.1) is 0 Å². The summed E-state index contributed by atoms with van der Waals surface area (Å²) in [4.78, 5) is 17.0. The quantitative estimate of drug-likeness (QED) is 0.800. The summed E-state index contributed by atoms with van der Waals surface area (Å²) in [6.45, 7) is 13.4. The van der Waals surface area contributed by atoms with Crippen molar-refractivity contribution >= 4 is 12.0 Å². The third-order valence-electron chi connectivity index (χ3n) is 3.88. The van der Waals surface area contributed by atoms with Gasteiger partial charge in [-0.25, -0.2) is 0 Å². The van der Waals surface area contributed by atoms with E-state index in [4.69, 9.17) is 0 Å². The Labute approximate surface area is 134 Å². The smallest absolute Gasteiger partial charge is 0.249 e. The monoisotopic (exact) mass is 300 g/mol. The van der Waals surface area contributed by atoms with Crippen LogP contribution in [0, 0.1) is 5.41 Å². The summed E-state index contributed by atoms with van der Waals surface area (Å²) in [6.07, 6.45) is 1.98. The molecule has 1 saturated heterocycles. The van der Waals surface area contributed by atoms with E-state index >= 15 is 0 Å². The molecule has 120 valence electrons. The summed E-state index contributed by atoms with van der Waals surface area (Å²) in [5.41, 5.74) is 2.21. The number of hydrogen-bond donors (Lipinski definition) is 0. The van der Waals surface area contributed by atoms with Crippen molar-refractivity contribution in [2.75, 3.05) is 32.7 Å². The van der Waals surface area contributed by atoms with Crippen LogP contribution < -0.4 is 0 Å². The molecule has 0 bridgehead atoms. The lowest BCUT2D eigenvalue weighted by atomic mass is 9.96. The number of rotatable bonds is 3. The van der Waals surface area contributed by atoms with E-state index in [1.807, 2.05) is 48.2 Å². The Hall–Kier alpha value is -1.61. The number of piperazine rings is 1. The van der Waals surface area contributed by atoms with E-state index in [-0.39, 0.29) is 5.91 Å². The van der Waals surface area contributed by atoms with Crippen molar-refractivity contribution in [1.82, 2.24) is 9.80 Å². The van der Waals surface area contributed by atoms with E-state index in [0.717, 1.165) is 43.9 Å². The van der Waals surface area contributed by atoms with Crippen LogP contribution in [-0.4, -0.2) is 48.4 Å². The Balaban J connectivity index is 1.91. The molecule has 1 amide bonds. The molecule has 0 unspecified atom stereocenters. The van der Waals surface area contributed by atoms with Gasteiger partial charge in [0.15, 0.2) is 0 Å². The molecule has 0 saturated carbocycles. The molecular formula is C19H28N2O. The zero-order valence-electron chi connectivity index (χ0n) is 14.3. The number of carbonyl (C=O) groups excluding carboxylic acids is 1. The fraction of sp³-hybridized carbons (Fsp3) is 0.526. The van der Waals surface area contributed by atoms with Gasteiger partial charge in [-0.2, -0.15) is 0 Å². The Morgan fingerprint density at radius 3 is 2.23 bits per heavy atom. The minimum Gasteiger partial charge on any atom is -0.336 e. The van der Waals surface area contributed by atoms with Crippen LogP contribution in [0.1, 0.15) is 33.3 Å². The average Bonchev–Trinajstić information content (AvgIpc) is 2.46. The number of hydrogen-bond acceptors (Lipinski definition) is 2. The predicted molar refractivity (Wildman–Crippen MR) is 92.6 cm³/mol. The molecule has 3 heteroatoms. The van der Waals surface area contributed by atoms with Gasteiger partial charge in [0, 0.05) is 38.3 Å². The topological polar surface area (TPSA) is 23.6 Å². The second kappa shape index (κ2) is 7.10. The molecule has 22 heavy (non-hydrogen) atoms. The standard InChI is InChI=1S/C19H28N2O/c1-16(14-17-8-6-5-7-9-17)18(22)21-12-10-20(11-13-21)15-19(2,3)4/h5-9,14H,10-13,15H2,1-4H3/b16-14+. The van der Waals surface area contributed by atoms with Crippen LogP contribution in [0.15, 0.2) is 35.9 Å². The first-order valence-corrected chi connectivity index (χ1v) is 8.10. The highest BCUT2D eigenvalue weighted by Gasteiger charge is 2.24. The molecule has 1 aromatic rings. The van der Waals surface area contributed by atoms with Crippen LogP contribution in [0.3, 0.4) is 0 Å². The maximum atomic E-state index is 12.5. The maximum absolute atomic E-state index is 12.5. The summed E-state index contributed by atoms with van der Waals surface area (Å²) in [7, 11) is 0. The lowest BCUT2D eigenvalue weighted by Crippen LogP contribution is -2.50. The first kappa shape index (κ1) is 16.8. The van der Waals surface area contributed by atoms with E-state index in [1.54, 1.807) is 0 Å². The van der Waals surface area contributed by atoms with Crippen LogP contribution >= 0.6 is 0 Å². The van der Waals surface area contributed by atoms with Crippen LogP contribution in [0.4, 0.5) is 0 Å². The Morgan fingerprint density at radius 2 is 1.68 bits per heavy atom. The Morgan fingerprint density at radius 1 is 1.09 bits per heavy atom. The van der Waals surface area contributed by atoms with Gasteiger partial charge in [0.2, 0.25) is 5.91 Å². The van der Waals surface area contributed by atoms with Gasteiger partial charge in [0.25, 0.3) is 0 Å². The number of carbonyl (C=O) groups is 1. The van der Waals surface area contributed by atoms with E-state index in [1.165, 1.54) is 0 Å². The number of amides is 1. The van der Waals surface area contributed by atoms with Crippen LogP contribution in [0.2, 0.25) is 0 Å². The summed E-state index contributed by atoms with van der Waals surface area (Å²) in [5.74, 6) is 0.166. The van der Waals surface area contributed by atoms with Crippen molar-refractivity contribution in [2.24, 2.45) is 5.41 Å². The molecule has 0 radical (unpaired) electrons. The second-order valence-corrected chi connectivity index (χ2v) is 7.37. The lowest BCUT2D eigenvalue weighted by Gasteiger charge is -2.38. The molecular weight excluding hydrogens is 272 g/mol. The lowest BCUT2D eigenvalue weighted by molar-refractivity contribution is -0.128. The Bertz CT molecular complexity index is 520. The summed E-state index contributed by atoms with van der Waals surface area (Å²) >= 11 is 0. The van der Waals surface area contributed by atoms with Crippen molar-refractivity contribution in [3.63, 3.8) is 0 Å². The van der Waals surface area contributed by atoms with Crippen molar-refractivity contribution in [3.05, 3.63) is 41.5 Å². The zero-order chi connectivity index (χ0) is 16.2. The molecule has 0 N–H and O–H groups in total. The van der Waals surface area contributed by atoms with Crippen LogP contribution in [0.25, 0.3) is 6.08 Å². The molecule has 1 aromatic carbocycles. The van der Waals surface area contributed by atoms with E-state index < -0.39 is 0 Å². The van der Waals surface area contributed by atoms with E-state index in [2.05, 4.69) is 25.7 Å². The molecule has 1 fully saturated rings. The fourth-order valence-electron chi connectivity index (χ4n) is 2.89. The van der Waals surface area contributed by atoms with E-state index in [9.17, 15) is 4.79 Å². The normalized spacial score (nSPS) is 17.6. The fourth-order valence-corrected chi connectivity index (χ4v) is 2.89. The number of nitrogens with zero attached hydrogens (tertiary/aromatic N) is 2. The Kier molecular flexibility index (Phi) is 5.41. The van der Waals surface area contributed by atoms with Crippen molar-refractivity contribution in [2.45, 2.75) is 27.7 Å². The summed E-state index contributed by atoms with van der Waals surface area (Å²) in [5, 5.41) is 0. The molecule has 2 rings (SSSR count). The van der Waals surface area contributed by atoms with Gasteiger partial charge in [0.05, 0.1) is 0 Å². The highest BCUT2D eigenvalue weighted by atomic mass is 16.2. The molecule has 1 heterocycles. The minimum absolute atomic E-state index is 0.166. The predicted octanol–water partition coefficient (Wildman–Crippen LogP) is 3.28. The molecule has 0 spiro atoms. The third kappa shape index (κ3) is 4.99. The second-order valence-electron chi connectivity index (χ2n) is 7.37. The van der Waals surface area contributed by atoms with Gasteiger partial charge in [-0.3, -0.25) is 9.69 Å². The highest BCUT2D eigenvalue weighted by molar-refractivity contribution is 5.97. The van der Waals surface area contributed by atoms with Crippen molar-refractivity contribution in [3.8, 4) is 0 Å². The molecule has 3 nitrogen and oxygen atoms in total. The molecule has 0 aliphatic carbocycles. The first-order chi connectivity index (χ1) is 10.3. The molecule has 0 atom stereocenters. The first-order valence-electron chi connectivity index (χ1n) is 8.10. The average molecular weight is 300 g/mol. The van der Waals surface area contributed by atoms with Crippen molar-refractivity contribution < 1.29 is 4.79 Å². The maximum Gasteiger partial charge on any atom is 0.249 e. The largest absolute Gasteiger partial charge is 0.336 e. The van der Waals surface area contributed by atoms with Gasteiger partial charge < -0.3 is 4.90 Å². The van der Waals surface area contributed by atoms with Crippen molar-refractivity contribution in [1.29, 1.82) is 0 Å². The molecule has 0 aromatic heterocycles. The third-order valence-corrected chi connectivity index (χ3v) is 3.88. The minimum atomic E-state index is 0.166. The summed E-state index contributed by atoms with van der Waals surface area (Å²) < 4.78 is 0. The van der Waals surface area contributed by atoms with Gasteiger partial charge in [0.1, 0.15) is 0 Å². The SMILES string of the molecule is C/C(=C\c1ccccc1)C(=O)N1CCN(CC(C)(C)C)CC1. The van der Waals surface area contributed by atoms with Crippen LogP contribution in [-0.2, 0) is 4.79 Å². The number of benzene rings is 1. The molecule has 1 aliphatic rings. The van der Waals surface area contributed by atoms with E-state index in [0.29, 0.717) is 5.41 Å². The molecule has 1 aliphatic heterocycles.